The molecule has 1 N–H and O–H groups in total. The summed E-state index contributed by atoms with van der Waals surface area (Å²) >= 11 is 6.79. The van der Waals surface area contributed by atoms with Crippen molar-refractivity contribution in [3.05, 3.63) is 30.3 Å². The van der Waals surface area contributed by atoms with Crippen molar-refractivity contribution in [2.45, 2.75) is 4.90 Å². The average Bonchev–Trinajstić information content (AvgIpc) is 2.18. The molecule has 0 aliphatic rings. The van der Waals surface area contributed by atoms with E-state index in [4.69, 9.17) is 16.3 Å². The predicted octanol–water partition coefficient (Wildman–Crippen LogP) is 1.94. The first kappa shape index (κ1) is 12.7. The van der Waals surface area contributed by atoms with Crippen LogP contribution in [0.15, 0.2) is 35.2 Å². The van der Waals surface area contributed by atoms with Gasteiger partial charge in [0.2, 0.25) is 0 Å². The summed E-state index contributed by atoms with van der Waals surface area (Å²) < 4.78 is 0. The first-order valence-corrected chi connectivity index (χ1v) is 7.90. The van der Waals surface area contributed by atoms with Crippen LogP contribution in [-0.4, -0.2) is 28.3 Å². The van der Waals surface area contributed by atoms with Gasteiger partial charge in [0.25, 0.3) is 0 Å². The SMILES string of the molecule is O=C(O)CS(=S)CCSc1ccccc1. The number of carbonyl (C=O) groups is 1. The second-order valence-electron chi connectivity index (χ2n) is 2.84. The van der Waals surface area contributed by atoms with E-state index in [2.05, 4.69) is 0 Å². The Morgan fingerprint density at radius 3 is 2.67 bits per heavy atom. The van der Waals surface area contributed by atoms with E-state index in [1.54, 1.807) is 11.8 Å². The highest BCUT2D eigenvalue weighted by molar-refractivity contribution is 8.29. The lowest BCUT2D eigenvalue weighted by molar-refractivity contribution is -0.133. The topological polar surface area (TPSA) is 37.3 Å². The third-order valence-corrected chi connectivity index (χ3v) is 4.96. The Kier molecular flexibility index (Phi) is 5.90. The molecule has 0 bridgehead atoms. The van der Waals surface area contributed by atoms with Gasteiger partial charge in [0.05, 0.1) is 5.75 Å². The molecule has 1 unspecified atom stereocenters. The van der Waals surface area contributed by atoms with Gasteiger partial charge >= 0.3 is 5.97 Å². The van der Waals surface area contributed by atoms with Gasteiger partial charge in [-0.1, -0.05) is 29.4 Å². The molecule has 1 rings (SSSR count). The van der Waals surface area contributed by atoms with Crippen molar-refractivity contribution < 1.29 is 9.90 Å². The summed E-state index contributed by atoms with van der Waals surface area (Å²) in [5, 5.41) is 8.53. The van der Waals surface area contributed by atoms with Crippen LogP contribution in [0.2, 0.25) is 0 Å². The zero-order valence-electron chi connectivity index (χ0n) is 8.09. The Hall–Kier alpha value is -0.390. The van der Waals surface area contributed by atoms with Crippen LogP contribution in [0, 0.1) is 0 Å². The minimum Gasteiger partial charge on any atom is -0.481 e. The van der Waals surface area contributed by atoms with Gasteiger partial charge < -0.3 is 5.11 Å². The van der Waals surface area contributed by atoms with E-state index in [-0.39, 0.29) is 5.75 Å². The molecule has 0 heterocycles. The van der Waals surface area contributed by atoms with E-state index < -0.39 is 15.4 Å². The molecule has 82 valence electrons. The fourth-order valence-corrected chi connectivity index (χ4v) is 3.98. The number of benzene rings is 1. The minimum atomic E-state index is -0.793. The lowest BCUT2D eigenvalue weighted by Crippen LogP contribution is -2.11. The molecule has 0 aliphatic carbocycles. The number of rotatable bonds is 6. The highest BCUT2D eigenvalue weighted by Crippen LogP contribution is 2.16. The Morgan fingerprint density at radius 1 is 1.40 bits per heavy atom. The fraction of sp³-hybridized carbons (Fsp3) is 0.300. The van der Waals surface area contributed by atoms with E-state index in [1.165, 1.54) is 4.90 Å². The average molecular weight is 260 g/mol. The van der Waals surface area contributed by atoms with E-state index in [1.807, 2.05) is 30.3 Å². The molecule has 1 aromatic carbocycles. The van der Waals surface area contributed by atoms with Crippen molar-refractivity contribution in [3.63, 3.8) is 0 Å². The molecule has 0 saturated carbocycles. The molecule has 0 radical (unpaired) electrons. The van der Waals surface area contributed by atoms with Gasteiger partial charge in [0, 0.05) is 16.4 Å². The summed E-state index contributed by atoms with van der Waals surface area (Å²) in [6, 6.07) is 10.1. The van der Waals surface area contributed by atoms with Crippen LogP contribution in [0.1, 0.15) is 0 Å². The van der Waals surface area contributed by atoms with Crippen LogP contribution < -0.4 is 0 Å². The molecule has 0 spiro atoms. The van der Waals surface area contributed by atoms with E-state index in [9.17, 15) is 4.79 Å². The molecular formula is C10H12O2S3. The number of aliphatic carboxylic acids is 1. The molecule has 0 amide bonds. The highest BCUT2D eigenvalue weighted by Gasteiger charge is 2.02. The highest BCUT2D eigenvalue weighted by atomic mass is 32.8. The Balaban J connectivity index is 2.22. The number of carboxylic acid groups (broad SMARTS) is 1. The number of hydrogen-bond acceptors (Lipinski definition) is 3. The molecular weight excluding hydrogens is 248 g/mol. The summed E-state index contributed by atoms with van der Waals surface area (Å²) in [4.78, 5) is 11.6. The molecule has 5 heteroatoms. The Bertz CT molecular complexity index is 338. The van der Waals surface area contributed by atoms with Crippen molar-refractivity contribution >= 4 is 38.4 Å². The van der Waals surface area contributed by atoms with Crippen LogP contribution in [0.4, 0.5) is 0 Å². The molecule has 1 atom stereocenters. The van der Waals surface area contributed by atoms with Gasteiger partial charge in [0.15, 0.2) is 0 Å². The monoisotopic (exact) mass is 260 g/mol. The lowest BCUT2D eigenvalue weighted by Gasteiger charge is -2.02. The molecule has 0 fully saturated rings. The zero-order valence-corrected chi connectivity index (χ0v) is 10.5. The Morgan fingerprint density at radius 2 is 2.07 bits per heavy atom. The van der Waals surface area contributed by atoms with Crippen molar-refractivity contribution in [3.8, 4) is 0 Å². The van der Waals surface area contributed by atoms with E-state index in [0.29, 0.717) is 0 Å². The quantitative estimate of drug-likeness (QED) is 0.793. The van der Waals surface area contributed by atoms with Gasteiger partial charge in [-0.05, 0) is 12.1 Å². The number of thioether (sulfide) groups is 1. The van der Waals surface area contributed by atoms with E-state index >= 15 is 0 Å². The maximum Gasteiger partial charge on any atom is 0.313 e. The molecule has 15 heavy (non-hydrogen) atoms. The second kappa shape index (κ2) is 6.98. The molecule has 0 saturated heterocycles. The Labute approximate surface area is 101 Å². The third-order valence-electron chi connectivity index (χ3n) is 1.61. The van der Waals surface area contributed by atoms with Gasteiger partial charge in [-0.25, -0.2) is 0 Å². The van der Waals surface area contributed by atoms with Crippen LogP contribution >= 0.6 is 11.8 Å². The number of carboxylic acids is 1. The summed E-state index contributed by atoms with van der Waals surface area (Å²) in [6.07, 6.45) is 0. The largest absolute Gasteiger partial charge is 0.481 e. The fourth-order valence-electron chi connectivity index (χ4n) is 0.979. The van der Waals surface area contributed by atoms with Crippen molar-refractivity contribution in [2.24, 2.45) is 0 Å². The van der Waals surface area contributed by atoms with Crippen LogP contribution in [0.25, 0.3) is 0 Å². The van der Waals surface area contributed by atoms with Gasteiger partial charge in [-0.15, -0.1) is 21.2 Å². The van der Waals surface area contributed by atoms with Gasteiger partial charge in [0.1, 0.15) is 0 Å². The second-order valence-corrected chi connectivity index (χ2v) is 7.00. The van der Waals surface area contributed by atoms with Crippen molar-refractivity contribution in [1.29, 1.82) is 0 Å². The van der Waals surface area contributed by atoms with Crippen molar-refractivity contribution in [1.82, 2.24) is 0 Å². The van der Waals surface area contributed by atoms with Gasteiger partial charge in [-0.2, -0.15) is 0 Å². The van der Waals surface area contributed by atoms with Crippen LogP contribution in [0.5, 0.6) is 0 Å². The molecule has 2 nitrogen and oxygen atoms in total. The normalized spacial score (nSPS) is 12.3. The maximum atomic E-state index is 10.4. The van der Waals surface area contributed by atoms with Gasteiger partial charge in [-0.3, -0.25) is 4.79 Å². The predicted molar refractivity (Wildman–Crippen MR) is 69.3 cm³/mol. The smallest absolute Gasteiger partial charge is 0.313 e. The standard InChI is InChI=1S/C10H12O2S3/c11-10(12)8-15(13)7-6-14-9-4-2-1-3-5-9/h1-5H,6-8H2,(H,11,12). The van der Waals surface area contributed by atoms with Crippen LogP contribution in [0.3, 0.4) is 0 Å². The van der Waals surface area contributed by atoms with E-state index in [0.717, 1.165) is 11.5 Å². The zero-order chi connectivity index (χ0) is 11.1. The first-order chi connectivity index (χ1) is 7.18. The summed E-state index contributed by atoms with van der Waals surface area (Å²) in [5.41, 5.74) is 0. The third kappa shape index (κ3) is 5.92. The van der Waals surface area contributed by atoms with Crippen molar-refractivity contribution in [2.75, 3.05) is 17.3 Å². The summed E-state index contributed by atoms with van der Waals surface area (Å²) in [5.74, 6) is 1.01. The lowest BCUT2D eigenvalue weighted by atomic mass is 10.4. The molecule has 0 aliphatic heterocycles. The molecule has 1 aromatic rings. The summed E-state index contributed by atoms with van der Waals surface area (Å²) in [6.45, 7) is 0. The first-order valence-electron chi connectivity index (χ1n) is 4.43. The molecule has 0 aromatic heterocycles. The minimum absolute atomic E-state index is 0.116. The number of hydrogen-bond donors (Lipinski definition) is 1. The van der Waals surface area contributed by atoms with Crippen LogP contribution in [-0.2, 0) is 25.4 Å². The maximum absolute atomic E-state index is 10.4. The summed E-state index contributed by atoms with van der Waals surface area (Å²) in [7, 11) is -0.411.